The van der Waals surface area contributed by atoms with Gasteiger partial charge < -0.3 is 20.1 Å². The van der Waals surface area contributed by atoms with Gasteiger partial charge in [0, 0.05) is 12.6 Å². The van der Waals surface area contributed by atoms with Crippen molar-refractivity contribution in [3.05, 3.63) is 42.2 Å². The Kier molecular flexibility index (Phi) is 6.01. The Labute approximate surface area is 142 Å². The minimum absolute atomic E-state index is 0.308. The molecule has 1 amide bonds. The van der Waals surface area contributed by atoms with Crippen LogP contribution in [0.2, 0.25) is 0 Å². The summed E-state index contributed by atoms with van der Waals surface area (Å²) in [6.07, 6.45) is 1.65. The molecular formula is C18H23N3O3. The molecule has 0 bridgehead atoms. The second kappa shape index (κ2) is 8.19. The van der Waals surface area contributed by atoms with Crippen molar-refractivity contribution in [1.29, 1.82) is 0 Å². The standard InChI is InChI=1S/C18H23N3O3/c1-12(2)10-19-13-5-7-15(20-11-13)18(22)21-16-9-14(23-3)6-8-17(16)24-4/h5-9,11-12,19H,10H2,1-4H3,(H,21,22). The molecule has 0 fully saturated rings. The molecule has 2 aromatic rings. The molecule has 24 heavy (non-hydrogen) atoms. The number of methoxy groups -OCH3 is 2. The van der Waals surface area contributed by atoms with E-state index in [0.29, 0.717) is 28.8 Å². The largest absolute Gasteiger partial charge is 0.497 e. The molecular weight excluding hydrogens is 306 g/mol. The molecule has 0 aliphatic heterocycles. The third kappa shape index (κ3) is 4.62. The summed E-state index contributed by atoms with van der Waals surface area (Å²) in [5.74, 6) is 1.41. The fourth-order valence-corrected chi connectivity index (χ4v) is 2.05. The first-order chi connectivity index (χ1) is 11.5. The number of anilines is 2. The van der Waals surface area contributed by atoms with Crippen LogP contribution in [0, 0.1) is 5.92 Å². The molecule has 0 aliphatic carbocycles. The van der Waals surface area contributed by atoms with Crippen LogP contribution < -0.4 is 20.1 Å². The van der Waals surface area contributed by atoms with Crippen molar-refractivity contribution >= 4 is 17.3 Å². The van der Waals surface area contributed by atoms with Crippen LogP contribution in [0.1, 0.15) is 24.3 Å². The maximum Gasteiger partial charge on any atom is 0.274 e. The monoisotopic (exact) mass is 329 g/mol. The molecule has 6 heteroatoms. The van der Waals surface area contributed by atoms with E-state index in [1.54, 1.807) is 44.7 Å². The highest BCUT2D eigenvalue weighted by atomic mass is 16.5. The van der Waals surface area contributed by atoms with Gasteiger partial charge >= 0.3 is 0 Å². The first-order valence-electron chi connectivity index (χ1n) is 7.76. The lowest BCUT2D eigenvalue weighted by Gasteiger charge is -2.12. The topological polar surface area (TPSA) is 72.5 Å². The quantitative estimate of drug-likeness (QED) is 0.814. The van der Waals surface area contributed by atoms with Crippen LogP contribution in [0.4, 0.5) is 11.4 Å². The van der Waals surface area contributed by atoms with E-state index >= 15 is 0 Å². The van der Waals surface area contributed by atoms with Gasteiger partial charge in [0.05, 0.1) is 31.8 Å². The molecule has 0 unspecified atom stereocenters. The highest BCUT2D eigenvalue weighted by Crippen LogP contribution is 2.29. The van der Waals surface area contributed by atoms with Crippen LogP contribution >= 0.6 is 0 Å². The number of aromatic nitrogens is 1. The summed E-state index contributed by atoms with van der Waals surface area (Å²) < 4.78 is 10.4. The first kappa shape index (κ1) is 17.6. The fraction of sp³-hybridized carbons (Fsp3) is 0.333. The average Bonchev–Trinajstić information content (AvgIpc) is 2.60. The number of benzene rings is 1. The predicted octanol–water partition coefficient (Wildman–Crippen LogP) is 3.42. The number of carbonyl (C=O) groups excluding carboxylic acids is 1. The minimum Gasteiger partial charge on any atom is -0.497 e. The maximum atomic E-state index is 12.4. The molecule has 128 valence electrons. The van der Waals surface area contributed by atoms with Crippen molar-refractivity contribution in [2.75, 3.05) is 31.4 Å². The number of rotatable bonds is 7. The van der Waals surface area contributed by atoms with Crippen LogP contribution in [0.15, 0.2) is 36.5 Å². The number of nitrogens with zero attached hydrogens (tertiary/aromatic N) is 1. The number of hydrogen-bond acceptors (Lipinski definition) is 5. The van der Waals surface area contributed by atoms with Gasteiger partial charge in [-0.1, -0.05) is 13.8 Å². The van der Waals surface area contributed by atoms with Crippen molar-refractivity contribution < 1.29 is 14.3 Å². The van der Waals surface area contributed by atoms with Gasteiger partial charge in [-0.05, 0) is 30.2 Å². The third-order valence-electron chi connectivity index (χ3n) is 3.37. The molecule has 0 atom stereocenters. The SMILES string of the molecule is COc1ccc(OC)c(NC(=O)c2ccc(NCC(C)C)cn2)c1. The van der Waals surface area contributed by atoms with E-state index in [1.165, 1.54) is 0 Å². The Morgan fingerprint density at radius 3 is 2.54 bits per heavy atom. The highest BCUT2D eigenvalue weighted by molar-refractivity contribution is 6.03. The average molecular weight is 329 g/mol. The van der Waals surface area contributed by atoms with Gasteiger partial charge in [0.15, 0.2) is 0 Å². The van der Waals surface area contributed by atoms with Crippen LogP contribution in [0.25, 0.3) is 0 Å². The molecule has 2 rings (SSSR count). The van der Waals surface area contributed by atoms with E-state index in [1.807, 2.05) is 6.07 Å². The molecule has 1 heterocycles. The zero-order valence-electron chi connectivity index (χ0n) is 14.4. The second-order valence-electron chi connectivity index (χ2n) is 5.73. The van der Waals surface area contributed by atoms with Gasteiger partial charge in [-0.15, -0.1) is 0 Å². The molecule has 0 saturated heterocycles. The Morgan fingerprint density at radius 1 is 1.17 bits per heavy atom. The van der Waals surface area contributed by atoms with Crippen molar-refractivity contribution in [3.8, 4) is 11.5 Å². The van der Waals surface area contributed by atoms with E-state index in [9.17, 15) is 4.79 Å². The van der Waals surface area contributed by atoms with E-state index in [2.05, 4.69) is 29.5 Å². The van der Waals surface area contributed by atoms with E-state index in [-0.39, 0.29) is 5.91 Å². The molecule has 0 aliphatic rings. The number of nitrogens with one attached hydrogen (secondary N) is 2. The van der Waals surface area contributed by atoms with Crippen LogP contribution in [-0.4, -0.2) is 31.7 Å². The van der Waals surface area contributed by atoms with E-state index in [4.69, 9.17) is 9.47 Å². The fourth-order valence-electron chi connectivity index (χ4n) is 2.05. The van der Waals surface area contributed by atoms with Gasteiger partial charge in [0.25, 0.3) is 5.91 Å². The normalized spacial score (nSPS) is 10.4. The minimum atomic E-state index is -0.308. The molecule has 1 aromatic heterocycles. The zero-order chi connectivity index (χ0) is 17.5. The zero-order valence-corrected chi connectivity index (χ0v) is 14.4. The summed E-state index contributed by atoms with van der Waals surface area (Å²) in [5, 5.41) is 6.06. The number of hydrogen-bond donors (Lipinski definition) is 2. The smallest absolute Gasteiger partial charge is 0.274 e. The molecule has 0 saturated carbocycles. The van der Waals surface area contributed by atoms with Crippen LogP contribution in [-0.2, 0) is 0 Å². The lowest BCUT2D eigenvalue weighted by atomic mass is 10.2. The van der Waals surface area contributed by atoms with Crippen LogP contribution in [0.5, 0.6) is 11.5 Å². The first-order valence-corrected chi connectivity index (χ1v) is 7.76. The lowest BCUT2D eigenvalue weighted by molar-refractivity contribution is 0.102. The van der Waals surface area contributed by atoms with Crippen molar-refractivity contribution in [2.24, 2.45) is 5.92 Å². The molecule has 0 spiro atoms. The maximum absolute atomic E-state index is 12.4. The Hall–Kier alpha value is -2.76. The van der Waals surface area contributed by atoms with Crippen molar-refractivity contribution in [1.82, 2.24) is 4.98 Å². The van der Waals surface area contributed by atoms with E-state index in [0.717, 1.165) is 12.2 Å². The molecule has 6 nitrogen and oxygen atoms in total. The van der Waals surface area contributed by atoms with Crippen LogP contribution in [0.3, 0.4) is 0 Å². The van der Waals surface area contributed by atoms with Crippen molar-refractivity contribution in [2.45, 2.75) is 13.8 Å². The number of ether oxygens (including phenoxy) is 2. The Bertz CT molecular complexity index is 684. The van der Waals surface area contributed by atoms with E-state index < -0.39 is 0 Å². The van der Waals surface area contributed by atoms with Gasteiger partial charge in [0.1, 0.15) is 17.2 Å². The highest BCUT2D eigenvalue weighted by Gasteiger charge is 2.12. The number of carbonyl (C=O) groups is 1. The molecule has 1 aromatic carbocycles. The Morgan fingerprint density at radius 2 is 1.96 bits per heavy atom. The summed E-state index contributed by atoms with van der Waals surface area (Å²) in [5.41, 5.74) is 1.75. The van der Waals surface area contributed by atoms with Gasteiger partial charge in [-0.3, -0.25) is 4.79 Å². The molecule has 0 radical (unpaired) electrons. The Balaban J connectivity index is 2.09. The summed E-state index contributed by atoms with van der Waals surface area (Å²) in [7, 11) is 3.11. The number of pyridine rings is 1. The number of amides is 1. The lowest BCUT2D eigenvalue weighted by Crippen LogP contribution is -2.15. The summed E-state index contributed by atoms with van der Waals surface area (Å²) in [4.78, 5) is 16.6. The van der Waals surface area contributed by atoms with Gasteiger partial charge in [-0.25, -0.2) is 4.98 Å². The molecule has 2 N–H and O–H groups in total. The second-order valence-corrected chi connectivity index (χ2v) is 5.73. The third-order valence-corrected chi connectivity index (χ3v) is 3.37. The van der Waals surface area contributed by atoms with Gasteiger partial charge in [0.2, 0.25) is 0 Å². The summed E-state index contributed by atoms with van der Waals surface area (Å²) in [6, 6.07) is 8.73. The summed E-state index contributed by atoms with van der Waals surface area (Å²) in [6.45, 7) is 5.11. The van der Waals surface area contributed by atoms with Gasteiger partial charge in [-0.2, -0.15) is 0 Å². The van der Waals surface area contributed by atoms with Crippen molar-refractivity contribution in [3.63, 3.8) is 0 Å². The summed E-state index contributed by atoms with van der Waals surface area (Å²) >= 11 is 0. The predicted molar refractivity (Wildman–Crippen MR) is 95.1 cm³/mol.